The normalized spacial score (nSPS) is 11.5. The molecule has 0 spiro atoms. The molecule has 0 heterocycles. The van der Waals surface area contributed by atoms with Gasteiger partial charge in [0.15, 0.2) is 0 Å². The van der Waals surface area contributed by atoms with Crippen molar-refractivity contribution in [1.29, 1.82) is 0 Å². The van der Waals surface area contributed by atoms with Crippen LogP contribution < -0.4 is 10.6 Å². The van der Waals surface area contributed by atoms with Gasteiger partial charge < -0.3 is 10.6 Å². The predicted molar refractivity (Wildman–Crippen MR) is 141 cm³/mol. The summed E-state index contributed by atoms with van der Waals surface area (Å²) < 4.78 is 0. The van der Waals surface area contributed by atoms with Crippen LogP contribution in [0, 0.1) is 6.92 Å². The van der Waals surface area contributed by atoms with Crippen LogP contribution in [0.25, 0.3) is 0 Å². The first-order valence-corrected chi connectivity index (χ1v) is 12.0. The summed E-state index contributed by atoms with van der Waals surface area (Å²) >= 11 is 7.44. The molecule has 34 heavy (non-hydrogen) atoms. The number of thioether (sulfide) groups is 1. The molecule has 0 bridgehead atoms. The molecule has 0 saturated carbocycles. The molecule has 1 unspecified atom stereocenters. The molecule has 4 nitrogen and oxygen atoms in total. The zero-order chi connectivity index (χ0) is 23.9. The van der Waals surface area contributed by atoms with Gasteiger partial charge in [-0.15, -0.1) is 11.8 Å². The van der Waals surface area contributed by atoms with Gasteiger partial charge in [-0.25, -0.2) is 0 Å². The van der Waals surface area contributed by atoms with Crippen molar-refractivity contribution in [2.24, 2.45) is 0 Å². The highest BCUT2D eigenvalue weighted by atomic mass is 35.5. The first kappa shape index (κ1) is 23.6. The fourth-order valence-electron chi connectivity index (χ4n) is 3.33. The molecule has 4 aromatic rings. The molecule has 6 heteroatoms. The van der Waals surface area contributed by atoms with Crippen molar-refractivity contribution >= 4 is 46.6 Å². The Morgan fingerprint density at radius 3 is 2.09 bits per heavy atom. The summed E-state index contributed by atoms with van der Waals surface area (Å²) in [6.07, 6.45) is 0. The van der Waals surface area contributed by atoms with Crippen LogP contribution in [0.2, 0.25) is 5.02 Å². The van der Waals surface area contributed by atoms with Gasteiger partial charge in [0.25, 0.3) is 5.91 Å². The van der Waals surface area contributed by atoms with Gasteiger partial charge in [-0.1, -0.05) is 65.7 Å². The van der Waals surface area contributed by atoms with Crippen molar-refractivity contribution in [2.45, 2.75) is 17.1 Å². The number of carbonyl (C=O) groups excluding carboxylic acids is 2. The summed E-state index contributed by atoms with van der Waals surface area (Å²) in [7, 11) is 0. The Bertz CT molecular complexity index is 1280. The Labute approximate surface area is 208 Å². The molecule has 2 amide bonds. The second-order valence-corrected chi connectivity index (χ2v) is 9.37. The Hall–Kier alpha value is -3.54. The van der Waals surface area contributed by atoms with E-state index in [0.29, 0.717) is 16.3 Å². The van der Waals surface area contributed by atoms with Crippen LogP contribution in [0.1, 0.15) is 26.7 Å². The zero-order valence-electron chi connectivity index (χ0n) is 18.5. The van der Waals surface area contributed by atoms with Crippen molar-refractivity contribution in [3.63, 3.8) is 0 Å². The molecular weight excluding hydrogens is 464 g/mol. The summed E-state index contributed by atoms with van der Waals surface area (Å²) in [4.78, 5) is 26.6. The van der Waals surface area contributed by atoms with E-state index in [-0.39, 0.29) is 11.8 Å². The van der Waals surface area contributed by atoms with Crippen LogP contribution in [0.15, 0.2) is 108 Å². The van der Waals surface area contributed by atoms with Gasteiger partial charge in [0.05, 0.1) is 0 Å². The molecule has 0 aliphatic rings. The summed E-state index contributed by atoms with van der Waals surface area (Å²) in [5.74, 6) is -0.332. The number of amides is 2. The molecule has 0 aromatic heterocycles. The third-order valence-electron chi connectivity index (χ3n) is 5.11. The number of carbonyl (C=O) groups is 2. The summed E-state index contributed by atoms with van der Waals surface area (Å²) in [6.45, 7) is 2.01. The molecule has 0 saturated heterocycles. The van der Waals surface area contributed by atoms with Gasteiger partial charge in [-0.3, -0.25) is 9.59 Å². The molecule has 4 aromatic carbocycles. The van der Waals surface area contributed by atoms with Crippen molar-refractivity contribution in [3.05, 3.63) is 125 Å². The lowest BCUT2D eigenvalue weighted by Gasteiger charge is -2.17. The van der Waals surface area contributed by atoms with Gasteiger partial charge in [0.2, 0.25) is 5.91 Å². The zero-order valence-corrected chi connectivity index (χ0v) is 20.1. The van der Waals surface area contributed by atoms with E-state index in [9.17, 15) is 9.59 Å². The van der Waals surface area contributed by atoms with Crippen molar-refractivity contribution < 1.29 is 9.59 Å². The second-order valence-electron chi connectivity index (χ2n) is 7.75. The van der Waals surface area contributed by atoms with Crippen molar-refractivity contribution in [1.82, 2.24) is 0 Å². The standard InChI is InChI=1S/C28H23ClN2O2S/c1-19-10-12-23(13-11-19)31-28(33)26(20-6-3-2-4-7-20)34-25-16-14-24(15-17-25)30-27(32)21-8-5-9-22(29)18-21/h2-18,26H,1H3,(H,30,32)(H,31,33). The smallest absolute Gasteiger partial charge is 0.255 e. The molecule has 1 atom stereocenters. The van der Waals surface area contributed by atoms with Crippen LogP contribution in [-0.4, -0.2) is 11.8 Å². The highest BCUT2D eigenvalue weighted by Crippen LogP contribution is 2.36. The minimum atomic E-state index is -0.436. The Morgan fingerprint density at radius 1 is 0.765 bits per heavy atom. The van der Waals surface area contributed by atoms with E-state index in [1.807, 2.05) is 85.8 Å². The molecule has 4 rings (SSSR count). The summed E-state index contributed by atoms with van der Waals surface area (Å²) in [6, 6.07) is 31.7. The average molecular weight is 487 g/mol. The Morgan fingerprint density at radius 2 is 1.41 bits per heavy atom. The lowest BCUT2D eigenvalue weighted by molar-refractivity contribution is -0.115. The van der Waals surface area contributed by atoms with E-state index >= 15 is 0 Å². The number of rotatable bonds is 7. The number of aryl methyl sites for hydroxylation is 1. The fourth-order valence-corrected chi connectivity index (χ4v) is 4.55. The van der Waals surface area contributed by atoms with Crippen molar-refractivity contribution in [3.8, 4) is 0 Å². The SMILES string of the molecule is Cc1ccc(NC(=O)C(Sc2ccc(NC(=O)c3cccc(Cl)c3)cc2)c2ccccc2)cc1. The van der Waals surface area contributed by atoms with Gasteiger partial charge >= 0.3 is 0 Å². The number of halogens is 1. The fraction of sp³-hybridized carbons (Fsp3) is 0.0714. The van der Waals surface area contributed by atoms with Crippen LogP contribution in [-0.2, 0) is 4.79 Å². The van der Waals surface area contributed by atoms with Gasteiger partial charge in [0, 0.05) is 26.9 Å². The van der Waals surface area contributed by atoms with E-state index in [4.69, 9.17) is 11.6 Å². The molecular formula is C28H23ClN2O2S. The maximum atomic E-state index is 13.2. The summed E-state index contributed by atoms with van der Waals surface area (Å²) in [5.41, 5.74) is 3.96. The van der Waals surface area contributed by atoms with Crippen LogP contribution >= 0.6 is 23.4 Å². The van der Waals surface area contributed by atoms with Crippen LogP contribution in [0.3, 0.4) is 0 Å². The lowest BCUT2D eigenvalue weighted by Crippen LogP contribution is -2.19. The highest BCUT2D eigenvalue weighted by Gasteiger charge is 2.22. The Balaban J connectivity index is 1.48. The Kier molecular flexibility index (Phi) is 7.68. The monoisotopic (exact) mass is 486 g/mol. The van der Waals surface area contributed by atoms with E-state index in [1.165, 1.54) is 11.8 Å². The predicted octanol–water partition coefficient (Wildman–Crippen LogP) is 7.37. The van der Waals surface area contributed by atoms with E-state index in [2.05, 4.69) is 10.6 Å². The summed E-state index contributed by atoms with van der Waals surface area (Å²) in [5, 5.41) is 5.97. The minimum Gasteiger partial charge on any atom is -0.325 e. The number of benzene rings is 4. The third-order valence-corrected chi connectivity index (χ3v) is 6.61. The second kappa shape index (κ2) is 11.1. The van der Waals surface area contributed by atoms with E-state index < -0.39 is 5.25 Å². The van der Waals surface area contributed by atoms with Gasteiger partial charge in [-0.2, -0.15) is 0 Å². The van der Waals surface area contributed by atoms with E-state index in [0.717, 1.165) is 21.7 Å². The largest absolute Gasteiger partial charge is 0.325 e. The maximum absolute atomic E-state index is 13.2. The molecule has 0 aliphatic carbocycles. The topological polar surface area (TPSA) is 58.2 Å². The number of nitrogens with one attached hydrogen (secondary N) is 2. The first-order chi connectivity index (χ1) is 16.5. The van der Waals surface area contributed by atoms with E-state index in [1.54, 1.807) is 24.3 Å². The molecule has 170 valence electrons. The van der Waals surface area contributed by atoms with Crippen LogP contribution in [0.5, 0.6) is 0 Å². The molecule has 0 fully saturated rings. The molecule has 0 radical (unpaired) electrons. The maximum Gasteiger partial charge on any atom is 0.255 e. The lowest BCUT2D eigenvalue weighted by atomic mass is 10.1. The number of hydrogen-bond donors (Lipinski definition) is 2. The van der Waals surface area contributed by atoms with Crippen LogP contribution in [0.4, 0.5) is 11.4 Å². The quantitative estimate of drug-likeness (QED) is 0.268. The average Bonchev–Trinajstić information content (AvgIpc) is 2.85. The van der Waals surface area contributed by atoms with Gasteiger partial charge in [-0.05, 0) is 67.1 Å². The number of hydrogen-bond acceptors (Lipinski definition) is 3. The van der Waals surface area contributed by atoms with Crippen molar-refractivity contribution in [2.75, 3.05) is 10.6 Å². The molecule has 0 aliphatic heterocycles. The minimum absolute atomic E-state index is 0.0987. The highest BCUT2D eigenvalue weighted by molar-refractivity contribution is 8.00. The van der Waals surface area contributed by atoms with Gasteiger partial charge in [0.1, 0.15) is 5.25 Å². The molecule has 2 N–H and O–H groups in total. The number of anilines is 2. The third kappa shape index (κ3) is 6.28. The first-order valence-electron chi connectivity index (χ1n) is 10.7.